The van der Waals surface area contributed by atoms with Gasteiger partial charge in [0, 0.05) is 19.6 Å². The highest BCUT2D eigenvalue weighted by molar-refractivity contribution is 5.74. The van der Waals surface area contributed by atoms with Crippen LogP contribution in [0.15, 0.2) is 24.3 Å². The van der Waals surface area contributed by atoms with Gasteiger partial charge < -0.3 is 10.2 Å². The smallest absolute Gasteiger partial charge is 0.317 e. The van der Waals surface area contributed by atoms with E-state index in [-0.39, 0.29) is 6.03 Å². The molecule has 0 saturated carbocycles. The van der Waals surface area contributed by atoms with Gasteiger partial charge in [0.15, 0.2) is 0 Å². The molecule has 0 heterocycles. The summed E-state index contributed by atoms with van der Waals surface area (Å²) in [6.45, 7) is 8.69. The molecule has 0 unspecified atom stereocenters. The minimum absolute atomic E-state index is 0.0669. The summed E-state index contributed by atoms with van der Waals surface area (Å²) in [5, 5.41) is 3.02. The molecule has 0 bridgehead atoms. The van der Waals surface area contributed by atoms with Crippen LogP contribution in [0.4, 0.5) is 4.79 Å². The lowest BCUT2D eigenvalue weighted by molar-refractivity contribution is 0.198. The van der Waals surface area contributed by atoms with Gasteiger partial charge in [-0.1, -0.05) is 38.1 Å². The summed E-state index contributed by atoms with van der Waals surface area (Å²) in [5.74, 6) is 0. The van der Waals surface area contributed by atoms with Gasteiger partial charge in [-0.2, -0.15) is 0 Å². The second-order valence-corrected chi connectivity index (χ2v) is 4.90. The third-order valence-corrected chi connectivity index (χ3v) is 3.21. The van der Waals surface area contributed by atoms with Gasteiger partial charge in [-0.05, 0) is 37.3 Å². The number of aryl methyl sites for hydroxylation is 1. The maximum absolute atomic E-state index is 12.0. The number of amides is 2. The van der Waals surface area contributed by atoms with Crippen molar-refractivity contribution in [1.29, 1.82) is 0 Å². The molecule has 0 aliphatic rings. The van der Waals surface area contributed by atoms with Crippen molar-refractivity contribution in [2.45, 2.75) is 40.0 Å². The van der Waals surface area contributed by atoms with Crippen LogP contribution in [0.3, 0.4) is 0 Å². The lowest BCUT2D eigenvalue weighted by Gasteiger charge is -2.22. The molecular weight excluding hydrogens is 236 g/mol. The monoisotopic (exact) mass is 262 g/mol. The molecule has 1 N–H and O–H groups in total. The Labute approximate surface area is 117 Å². The SMILES string of the molecule is CCCN(CCC)C(=O)NCCc1ccccc1C. The number of benzene rings is 1. The Hall–Kier alpha value is -1.51. The van der Waals surface area contributed by atoms with Gasteiger partial charge in [-0.25, -0.2) is 4.79 Å². The van der Waals surface area contributed by atoms with E-state index in [2.05, 4.69) is 38.2 Å². The Morgan fingerprint density at radius 3 is 2.37 bits per heavy atom. The molecule has 2 amide bonds. The molecular formula is C16H26N2O. The van der Waals surface area contributed by atoms with Gasteiger partial charge in [0.05, 0.1) is 0 Å². The van der Waals surface area contributed by atoms with Gasteiger partial charge in [0.25, 0.3) is 0 Å². The van der Waals surface area contributed by atoms with Crippen molar-refractivity contribution in [2.24, 2.45) is 0 Å². The highest BCUT2D eigenvalue weighted by atomic mass is 16.2. The van der Waals surface area contributed by atoms with Crippen molar-refractivity contribution in [3.05, 3.63) is 35.4 Å². The van der Waals surface area contributed by atoms with Crippen LogP contribution in [0.5, 0.6) is 0 Å². The average Bonchev–Trinajstić information content (AvgIpc) is 2.40. The number of nitrogens with zero attached hydrogens (tertiary/aromatic N) is 1. The fraction of sp³-hybridized carbons (Fsp3) is 0.562. The first-order valence-electron chi connectivity index (χ1n) is 7.26. The Morgan fingerprint density at radius 1 is 1.16 bits per heavy atom. The van der Waals surface area contributed by atoms with Crippen LogP contribution in [-0.4, -0.2) is 30.6 Å². The molecule has 0 spiro atoms. The number of rotatable bonds is 7. The van der Waals surface area contributed by atoms with E-state index in [9.17, 15) is 4.79 Å². The van der Waals surface area contributed by atoms with Gasteiger partial charge in [-0.3, -0.25) is 0 Å². The fourth-order valence-electron chi connectivity index (χ4n) is 2.16. The van der Waals surface area contributed by atoms with E-state index in [1.165, 1.54) is 11.1 Å². The lowest BCUT2D eigenvalue weighted by Crippen LogP contribution is -2.41. The molecule has 1 aromatic carbocycles. The standard InChI is InChI=1S/C16H26N2O/c1-4-12-18(13-5-2)16(19)17-11-10-15-9-7-6-8-14(15)3/h6-9H,4-5,10-13H2,1-3H3,(H,17,19). The Kier molecular flexibility index (Phi) is 7.01. The molecule has 1 rings (SSSR count). The summed E-state index contributed by atoms with van der Waals surface area (Å²) in [6, 6.07) is 8.39. The van der Waals surface area contributed by atoms with Crippen molar-refractivity contribution in [3.8, 4) is 0 Å². The van der Waals surface area contributed by atoms with E-state index in [4.69, 9.17) is 0 Å². The summed E-state index contributed by atoms with van der Waals surface area (Å²) in [5.41, 5.74) is 2.59. The van der Waals surface area contributed by atoms with E-state index in [0.717, 1.165) is 32.4 Å². The molecule has 0 radical (unpaired) electrons. The van der Waals surface area contributed by atoms with E-state index >= 15 is 0 Å². The molecule has 3 heteroatoms. The number of nitrogens with one attached hydrogen (secondary N) is 1. The van der Waals surface area contributed by atoms with Crippen LogP contribution in [0.2, 0.25) is 0 Å². The van der Waals surface area contributed by atoms with Crippen LogP contribution < -0.4 is 5.32 Å². The molecule has 19 heavy (non-hydrogen) atoms. The van der Waals surface area contributed by atoms with Gasteiger partial charge in [0.1, 0.15) is 0 Å². The summed E-state index contributed by atoms with van der Waals surface area (Å²) in [7, 11) is 0. The lowest BCUT2D eigenvalue weighted by atomic mass is 10.1. The van der Waals surface area contributed by atoms with Crippen molar-refractivity contribution >= 4 is 6.03 Å². The fourth-order valence-corrected chi connectivity index (χ4v) is 2.16. The van der Waals surface area contributed by atoms with E-state index in [1.807, 2.05) is 17.0 Å². The molecule has 0 aliphatic heterocycles. The highest BCUT2D eigenvalue weighted by Crippen LogP contribution is 2.07. The molecule has 0 atom stereocenters. The highest BCUT2D eigenvalue weighted by Gasteiger charge is 2.10. The second kappa shape index (κ2) is 8.57. The zero-order valence-electron chi connectivity index (χ0n) is 12.4. The van der Waals surface area contributed by atoms with Crippen LogP contribution in [-0.2, 0) is 6.42 Å². The zero-order valence-corrected chi connectivity index (χ0v) is 12.4. The summed E-state index contributed by atoms with van der Waals surface area (Å²) < 4.78 is 0. The Bertz CT molecular complexity index is 384. The van der Waals surface area contributed by atoms with E-state index < -0.39 is 0 Å². The van der Waals surface area contributed by atoms with Crippen molar-refractivity contribution < 1.29 is 4.79 Å². The zero-order chi connectivity index (χ0) is 14.1. The van der Waals surface area contributed by atoms with Gasteiger partial charge in [0.2, 0.25) is 0 Å². The molecule has 1 aromatic rings. The van der Waals surface area contributed by atoms with Gasteiger partial charge in [-0.15, -0.1) is 0 Å². The molecule has 0 aromatic heterocycles. The second-order valence-electron chi connectivity index (χ2n) is 4.90. The molecule has 106 valence electrons. The molecule has 0 fully saturated rings. The Balaban J connectivity index is 2.39. The molecule has 0 saturated heterocycles. The van der Waals surface area contributed by atoms with E-state index in [0.29, 0.717) is 6.54 Å². The Morgan fingerprint density at radius 2 is 1.79 bits per heavy atom. The minimum atomic E-state index is 0.0669. The third-order valence-electron chi connectivity index (χ3n) is 3.21. The summed E-state index contributed by atoms with van der Waals surface area (Å²) in [4.78, 5) is 13.9. The summed E-state index contributed by atoms with van der Waals surface area (Å²) in [6.07, 6.45) is 2.90. The maximum Gasteiger partial charge on any atom is 0.317 e. The predicted molar refractivity (Wildman–Crippen MR) is 80.4 cm³/mol. The van der Waals surface area contributed by atoms with E-state index in [1.54, 1.807) is 0 Å². The van der Waals surface area contributed by atoms with Crippen molar-refractivity contribution in [2.75, 3.05) is 19.6 Å². The topological polar surface area (TPSA) is 32.3 Å². The number of hydrogen-bond acceptors (Lipinski definition) is 1. The first kappa shape index (κ1) is 15.5. The maximum atomic E-state index is 12.0. The number of carbonyl (C=O) groups excluding carboxylic acids is 1. The molecule has 3 nitrogen and oxygen atoms in total. The van der Waals surface area contributed by atoms with Crippen LogP contribution in [0, 0.1) is 6.92 Å². The number of hydrogen-bond donors (Lipinski definition) is 1. The first-order valence-corrected chi connectivity index (χ1v) is 7.26. The predicted octanol–water partition coefficient (Wildman–Crippen LogP) is 3.37. The largest absolute Gasteiger partial charge is 0.338 e. The number of carbonyl (C=O) groups is 1. The quantitative estimate of drug-likeness (QED) is 0.803. The normalized spacial score (nSPS) is 10.3. The first-order chi connectivity index (χ1) is 9.19. The number of urea groups is 1. The third kappa shape index (κ3) is 5.33. The van der Waals surface area contributed by atoms with Crippen molar-refractivity contribution in [1.82, 2.24) is 10.2 Å². The van der Waals surface area contributed by atoms with Crippen LogP contribution in [0.1, 0.15) is 37.8 Å². The van der Waals surface area contributed by atoms with Crippen LogP contribution in [0.25, 0.3) is 0 Å². The van der Waals surface area contributed by atoms with Gasteiger partial charge >= 0.3 is 6.03 Å². The van der Waals surface area contributed by atoms with Crippen molar-refractivity contribution in [3.63, 3.8) is 0 Å². The molecule has 0 aliphatic carbocycles. The van der Waals surface area contributed by atoms with Crippen LogP contribution >= 0.6 is 0 Å². The summed E-state index contributed by atoms with van der Waals surface area (Å²) >= 11 is 0. The minimum Gasteiger partial charge on any atom is -0.338 e. The average molecular weight is 262 g/mol.